The van der Waals surface area contributed by atoms with Gasteiger partial charge in [0.25, 0.3) is 0 Å². The van der Waals surface area contributed by atoms with Crippen LogP contribution in [0.3, 0.4) is 0 Å². The zero-order valence-corrected chi connectivity index (χ0v) is 10.1. The lowest BCUT2D eigenvalue weighted by Crippen LogP contribution is -1.92. The predicted molar refractivity (Wildman–Crippen MR) is 59.9 cm³/mol. The summed E-state index contributed by atoms with van der Waals surface area (Å²) in [6, 6.07) is 2.06. The summed E-state index contributed by atoms with van der Waals surface area (Å²) in [7, 11) is 0. The second kappa shape index (κ2) is 4.30. The van der Waals surface area contributed by atoms with Crippen molar-refractivity contribution in [2.45, 2.75) is 0 Å². The molecule has 8 heteroatoms. The molecule has 2 rings (SSSR count). The summed E-state index contributed by atoms with van der Waals surface area (Å²) in [5.41, 5.74) is -0.325. The van der Waals surface area contributed by atoms with Crippen LogP contribution in [0.1, 0.15) is 10.6 Å². The third-order valence-electron chi connectivity index (χ3n) is 2.15. The topological polar surface area (TPSA) is 104 Å². The molecule has 6 nitrogen and oxygen atoms in total. The van der Waals surface area contributed by atoms with Gasteiger partial charge in [-0.3, -0.25) is 0 Å². The van der Waals surface area contributed by atoms with Gasteiger partial charge < -0.3 is 19.8 Å². The van der Waals surface area contributed by atoms with E-state index in [0.717, 1.165) is 12.1 Å². The zero-order chi connectivity index (χ0) is 13.4. The van der Waals surface area contributed by atoms with Crippen LogP contribution in [-0.4, -0.2) is 26.4 Å². The lowest BCUT2D eigenvalue weighted by atomic mass is 10.1. The van der Waals surface area contributed by atoms with E-state index in [2.05, 4.69) is 25.6 Å². The Bertz CT molecular complexity index is 639. The van der Waals surface area contributed by atoms with Gasteiger partial charge in [-0.05, 0) is 22.0 Å². The lowest BCUT2D eigenvalue weighted by molar-refractivity contribution is 0.0652. The molecular weight excluding hydrogens is 313 g/mol. The maximum atomic E-state index is 13.8. The van der Waals surface area contributed by atoms with Gasteiger partial charge in [-0.2, -0.15) is 0 Å². The maximum Gasteiger partial charge on any atom is 0.374 e. The normalized spacial score (nSPS) is 10.6. The Labute approximate surface area is 107 Å². The maximum absolute atomic E-state index is 13.8. The number of benzene rings is 1. The molecular formula is C10H5BrFNO5. The third-order valence-corrected chi connectivity index (χ3v) is 2.77. The highest BCUT2D eigenvalue weighted by Gasteiger charge is 2.22. The van der Waals surface area contributed by atoms with Gasteiger partial charge in [-0.15, -0.1) is 0 Å². The van der Waals surface area contributed by atoms with Gasteiger partial charge in [0.1, 0.15) is 5.69 Å². The van der Waals surface area contributed by atoms with Crippen molar-refractivity contribution in [3.05, 3.63) is 28.2 Å². The standard InChI is InChI=1S/C10H5BrFNO5/c11-3-1-5(14)9(15)8(12)7(3)4-2-6(10(16)17)18-13-4/h1-2,14-15H,(H,16,17). The number of phenols is 2. The fourth-order valence-corrected chi connectivity index (χ4v) is 1.92. The molecule has 0 spiro atoms. The zero-order valence-electron chi connectivity index (χ0n) is 8.52. The number of hydrogen-bond acceptors (Lipinski definition) is 5. The number of rotatable bonds is 2. The fraction of sp³-hybridized carbons (Fsp3) is 0. The Kier molecular flexibility index (Phi) is 2.95. The largest absolute Gasteiger partial charge is 0.504 e. The van der Waals surface area contributed by atoms with Gasteiger partial charge in [0.2, 0.25) is 5.76 Å². The summed E-state index contributed by atoms with van der Waals surface area (Å²) in [5, 5.41) is 30.5. The Morgan fingerprint density at radius 2 is 2.06 bits per heavy atom. The van der Waals surface area contributed by atoms with Gasteiger partial charge in [0, 0.05) is 10.5 Å². The number of nitrogens with zero attached hydrogens (tertiary/aromatic N) is 1. The van der Waals surface area contributed by atoms with Crippen LogP contribution in [0.5, 0.6) is 11.5 Å². The van der Waals surface area contributed by atoms with Gasteiger partial charge in [0.05, 0.1) is 5.56 Å². The number of carbonyl (C=O) groups is 1. The van der Waals surface area contributed by atoms with Gasteiger partial charge in [-0.25, -0.2) is 9.18 Å². The van der Waals surface area contributed by atoms with Crippen LogP contribution in [0.15, 0.2) is 21.1 Å². The van der Waals surface area contributed by atoms with E-state index in [9.17, 15) is 19.4 Å². The first-order valence-electron chi connectivity index (χ1n) is 4.52. The third kappa shape index (κ3) is 1.90. The molecule has 0 saturated heterocycles. The highest BCUT2D eigenvalue weighted by atomic mass is 79.9. The Morgan fingerprint density at radius 1 is 1.39 bits per heavy atom. The molecule has 0 aliphatic heterocycles. The smallest absolute Gasteiger partial charge is 0.374 e. The number of phenolic OH excluding ortho intramolecular Hbond substituents is 2. The van der Waals surface area contributed by atoms with Gasteiger partial charge in [-0.1, -0.05) is 5.16 Å². The van der Waals surface area contributed by atoms with Crippen molar-refractivity contribution < 1.29 is 29.0 Å². The Morgan fingerprint density at radius 3 is 2.61 bits per heavy atom. The highest BCUT2D eigenvalue weighted by Crippen LogP contribution is 2.40. The Balaban J connectivity index is 2.63. The number of halogens is 2. The summed E-state index contributed by atoms with van der Waals surface area (Å²) in [6.45, 7) is 0. The summed E-state index contributed by atoms with van der Waals surface area (Å²) in [6.07, 6.45) is 0. The number of aromatic hydroxyl groups is 2. The van der Waals surface area contributed by atoms with Crippen LogP contribution >= 0.6 is 15.9 Å². The number of aromatic carboxylic acids is 1. The summed E-state index contributed by atoms with van der Waals surface area (Å²) < 4.78 is 18.3. The molecule has 0 unspecified atom stereocenters. The number of carboxylic acid groups (broad SMARTS) is 1. The molecule has 0 amide bonds. The van der Waals surface area contributed by atoms with Crippen LogP contribution in [0.2, 0.25) is 0 Å². The van der Waals surface area contributed by atoms with Crippen molar-refractivity contribution in [3.8, 4) is 22.8 Å². The second-order valence-electron chi connectivity index (χ2n) is 3.30. The fourth-order valence-electron chi connectivity index (χ4n) is 1.32. The molecule has 0 fully saturated rings. The molecule has 0 atom stereocenters. The van der Waals surface area contributed by atoms with E-state index in [1.54, 1.807) is 0 Å². The van der Waals surface area contributed by atoms with Crippen LogP contribution in [0.4, 0.5) is 4.39 Å². The summed E-state index contributed by atoms with van der Waals surface area (Å²) in [4.78, 5) is 10.6. The molecule has 0 aliphatic rings. The second-order valence-corrected chi connectivity index (χ2v) is 4.15. The van der Waals surface area contributed by atoms with Crippen molar-refractivity contribution in [3.63, 3.8) is 0 Å². The van der Waals surface area contributed by atoms with E-state index >= 15 is 0 Å². The van der Waals surface area contributed by atoms with Gasteiger partial charge in [0.15, 0.2) is 17.3 Å². The quantitative estimate of drug-likeness (QED) is 0.734. The lowest BCUT2D eigenvalue weighted by Gasteiger charge is -2.06. The minimum Gasteiger partial charge on any atom is -0.504 e. The minimum atomic E-state index is -1.35. The highest BCUT2D eigenvalue weighted by molar-refractivity contribution is 9.10. The van der Waals surface area contributed by atoms with E-state index in [1.807, 2.05) is 0 Å². The van der Waals surface area contributed by atoms with E-state index in [4.69, 9.17) is 5.11 Å². The molecule has 0 aliphatic carbocycles. The number of carboxylic acids is 1. The number of aromatic nitrogens is 1. The van der Waals surface area contributed by atoms with Gasteiger partial charge >= 0.3 is 5.97 Å². The molecule has 18 heavy (non-hydrogen) atoms. The van der Waals surface area contributed by atoms with Crippen molar-refractivity contribution in [2.75, 3.05) is 0 Å². The minimum absolute atomic E-state index is 0.0977. The Hall–Kier alpha value is -2.09. The van der Waals surface area contributed by atoms with E-state index < -0.39 is 29.0 Å². The predicted octanol–water partition coefficient (Wildman–Crippen LogP) is 2.35. The average Bonchev–Trinajstić information content (AvgIpc) is 2.75. The number of hydrogen-bond donors (Lipinski definition) is 3. The molecule has 3 N–H and O–H groups in total. The molecule has 94 valence electrons. The molecule has 0 radical (unpaired) electrons. The first-order chi connectivity index (χ1) is 8.41. The molecule has 1 heterocycles. The SMILES string of the molecule is O=C(O)c1cc(-c2c(Br)cc(O)c(O)c2F)no1. The summed E-state index contributed by atoms with van der Waals surface area (Å²) >= 11 is 2.97. The van der Waals surface area contributed by atoms with Crippen molar-refractivity contribution in [1.82, 2.24) is 5.16 Å². The molecule has 0 saturated carbocycles. The van der Waals surface area contributed by atoms with Crippen LogP contribution < -0.4 is 0 Å². The van der Waals surface area contributed by atoms with E-state index in [1.165, 1.54) is 0 Å². The molecule has 0 bridgehead atoms. The first-order valence-corrected chi connectivity index (χ1v) is 5.31. The monoisotopic (exact) mass is 317 g/mol. The average molecular weight is 318 g/mol. The van der Waals surface area contributed by atoms with E-state index in [0.29, 0.717) is 0 Å². The van der Waals surface area contributed by atoms with Crippen LogP contribution in [0.25, 0.3) is 11.3 Å². The van der Waals surface area contributed by atoms with E-state index in [-0.39, 0.29) is 15.7 Å². The molecule has 1 aromatic carbocycles. The molecule has 1 aromatic heterocycles. The first kappa shape index (κ1) is 12.4. The summed E-state index contributed by atoms with van der Waals surface area (Å²) in [5.74, 6) is -4.55. The van der Waals surface area contributed by atoms with Crippen molar-refractivity contribution in [2.24, 2.45) is 0 Å². The van der Waals surface area contributed by atoms with Crippen molar-refractivity contribution in [1.29, 1.82) is 0 Å². The van der Waals surface area contributed by atoms with Crippen LogP contribution in [0, 0.1) is 5.82 Å². The van der Waals surface area contributed by atoms with Crippen LogP contribution in [-0.2, 0) is 0 Å². The van der Waals surface area contributed by atoms with Crippen molar-refractivity contribution >= 4 is 21.9 Å². The molecule has 2 aromatic rings.